The molecule has 1 atom stereocenters. The van der Waals surface area contributed by atoms with Crippen molar-refractivity contribution in [3.05, 3.63) is 34.9 Å². The minimum atomic E-state index is -0.739. The number of carbonyl (C=O) groups is 2. The van der Waals surface area contributed by atoms with Gasteiger partial charge in [0, 0.05) is 5.56 Å². The summed E-state index contributed by atoms with van der Waals surface area (Å²) in [6.45, 7) is 1.76. The van der Waals surface area contributed by atoms with Gasteiger partial charge < -0.3 is 19.0 Å². The number of esters is 1. The summed E-state index contributed by atoms with van der Waals surface area (Å²) >= 11 is 0. The molecule has 1 fully saturated rings. The fourth-order valence-electron chi connectivity index (χ4n) is 2.97. The first-order valence-corrected chi connectivity index (χ1v) is 8.06. The first-order valence-electron chi connectivity index (χ1n) is 8.06. The van der Waals surface area contributed by atoms with Crippen molar-refractivity contribution in [3.63, 3.8) is 0 Å². The van der Waals surface area contributed by atoms with E-state index < -0.39 is 12.3 Å². The highest BCUT2D eigenvalue weighted by molar-refractivity contribution is 5.92. The fourth-order valence-corrected chi connectivity index (χ4v) is 2.97. The zero-order valence-electron chi connectivity index (χ0n) is 13.7. The Morgan fingerprint density at radius 1 is 1.30 bits per heavy atom. The Balaban J connectivity index is 2.28. The number of carbonyl (C=O) groups excluding carboxylic acids is 2. The number of benzene rings is 1. The minimum absolute atomic E-state index is 0.0774. The zero-order valence-corrected chi connectivity index (χ0v) is 13.7. The Labute approximate surface area is 136 Å². The molecule has 1 unspecified atom stereocenters. The van der Waals surface area contributed by atoms with E-state index in [0.29, 0.717) is 17.4 Å². The third-order valence-electron chi connectivity index (χ3n) is 4.13. The van der Waals surface area contributed by atoms with E-state index in [4.69, 9.17) is 14.2 Å². The van der Waals surface area contributed by atoms with Gasteiger partial charge in [-0.2, -0.15) is 0 Å². The monoisotopic (exact) mass is 320 g/mol. The highest BCUT2D eigenvalue weighted by Gasteiger charge is 2.26. The Kier molecular flexibility index (Phi) is 6.74. The number of aldehydes is 1. The van der Waals surface area contributed by atoms with Crippen LogP contribution in [-0.2, 0) is 19.0 Å². The average Bonchev–Trinajstić information content (AvgIpc) is 2.58. The van der Waals surface area contributed by atoms with Gasteiger partial charge in [-0.15, -0.1) is 0 Å². The number of rotatable bonds is 7. The molecule has 0 amide bonds. The van der Waals surface area contributed by atoms with Crippen LogP contribution in [-0.4, -0.2) is 32.1 Å². The van der Waals surface area contributed by atoms with Gasteiger partial charge in [0.1, 0.15) is 12.9 Å². The van der Waals surface area contributed by atoms with Crippen molar-refractivity contribution in [2.24, 2.45) is 0 Å². The SMILES string of the molecule is COC(=O)c1c(C)cccc1C(OCC=O)OC1CCCCC1. The standard InChI is InChI=1S/C18H24O5/c1-13-7-6-10-15(16(13)17(20)21-2)18(22-12-11-19)23-14-8-4-3-5-9-14/h6-7,10-11,14,18H,3-5,8-9,12H2,1-2H3. The molecular formula is C18H24O5. The van der Waals surface area contributed by atoms with Crippen LogP contribution in [0.15, 0.2) is 18.2 Å². The van der Waals surface area contributed by atoms with Crippen molar-refractivity contribution in [1.29, 1.82) is 0 Å². The van der Waals surface area contributed by atoms with Gasteiger partial charge >= 0.3 is 5.97 Å². The molecule has 2 rings (SSSR count). The van der Waals surface area contributed by atoms with E-state index in [1.54, 1.807) is 6.07 Å². The van der Waals surface area contributed by atoms with Crippen LogP contribution in [0, 0.1) is 6.92 Å². The van der Waals surface area contributed by atoms with Crippen LogP contribution >= 0.6 is 0 Å². The molecule has 0 aromatic heterocycles. The maximum Gasteiger partial charge on any atom is 0.338 e. The summed E-state index contributed by atoms with van der Waals surface area (Å²) in [7, 11) is 1.35. The lowest BCUT2D eigenvalue weighted by molar-refractivity contribution is -0.181. The second kappa shape index (κ2) is 8.79. The molecule has 0 saturated heterocycles. The van der Waals surface area contributed by atoms with Gasteiger partial charge in [-0.25, -0.2) is 4.79 Å². The minimum Gasteiger partial charge on any atom is -0.465 e. The van der Waals surface area contributed by atoms with Crippen molar-refractivity contribution in [1.82, 2.24) is 0 Å². The lowest BCUT2D eigenvalue weighted by Crippen LogP contribution is -2.24. The summed E-state index contributed by atoms with van der Waals surface area (Å²) in [5.41, 5.74) is 1.85. The van der Waals surface area contributed by atoms with Gasteiger partial charge in [0.25, 0.3) is 0 Å². The second-order valence-corrected chi connectivity index (χ2v) is 5.76. The predicted octanol–water partition coefficient (Wildman–Crippen LogP) is 3.35. The highest BCUT2D eigenvalue weighted by Crippen LogP contribution is 2.31. The predicted molar refractivity (Wildman–Crippen MR) is 85.2 cm³/mol. The number of hydrogen-bond donors (Lipinski definition) is 0. The Morgan fingerprint density at radius 2 is 2.04 bits per heavy atom. The van der Waals surface area contributed by atoms with E-state index in [1.165, 1.54) is 13.5 Å². The van der Waals surface area contributed by atoms with Crippen LogP contribution in [0.3, 0.4) is 0 Å². The zero-order chi connectivity index (χ0) is 16.7. The number of ether oxygens (including phenoxy) is 3. The van der Waals surface area contributed by atoms with E-state index in [0.717, 1.165) is 31.2 Å². The van der Waals surface area contributed by atoms with Crippen molar-refractivity contribution in [3.8, 4) is 0 Å². The van der Waals surface area contributed by atoms with Crippen LogP contribution < -0.4 is 0 Å². The van der Waals surface area contributed by atoms with E-state index >= 15 is 0 Å². The van der Waals surface area contributed by atoms with E-state index in [9.17, 15) is 9.59 Å². The van der Waals surface area contributed by atoms with Crippen molar-refractivity contribution in [2.45, 2.75) is 51.4 Å². The largest absolute Gasteiger partial charge is 0.465 e. The summed E-state index contributed by atoms with van der Waals surface area (Å²) in [4.78, 5) is 22.8. The molecule has 126 valence electrons. The molecule has 23 heavy (non-hydrogen) atoms. The van der Waals surface area contributed by atoms with Gasteiger partial charge in [0.05, 0.1) is 18.8 Å². The summed E-state index contributed by atoms with van der Waals surface area (Å²) in [6, 6.07) is 5.48. The third-order valence-corrected chi connectivity index (χ3v) is 4.13. The second-order valence-electron chi connectivity index (χ2n) is 5.76. The molecule has 0 radical (unpaired) electrons. The lowest BCUT2D eigenvalue weighted by atomic mass is 9.97. The van der Waals surface area contributed by atoms with Crippen LogP contribution in [0.1, 0.15) is 59.9 Å². The summed E-state index contributed by atoms with van der Waals surface area (Å²) in [6.07, 6.45) is 5.46. The summed E-state index contributed by atoms with van der Waals surface area (Å²) in [5.74, 6) is -0.426. The molecule has 1 aliphatic carbocycles. The Morgan fingerprint density at radius 3 is 2.70 bits per heavy atom. The van der Waals surface area contributed by atoms with E-state index in [-0.39, 0.29) is 12.7 Å². The fraction of sp³-hybridized carbons (Fsp3) is 0.556. The maximum atomic E-state index is 12.1. The molecule has 1 aliphatic rings. The molecule has 0 aliphatic heterocycles. The topological polar surface area (TPSA) is 61.8 Å². The van der Waals surface area contributed by atoms with E-state index in [2.05, 4.69) is 0 Å². The van der Waals surface area contributed by atoms with Crippen LogP contribution in [0.25, 0.3) is 0 Å². The van der Waals surface area contributed by atoms with Gasteiger partial charge in [-0.1, -0.05) is 37.5 Å². The Bertz CT molecular complexity index is 534. The molecule has 0 spiro atoms. The van der Waals surface area contributed by atoms with Crippen molar-refractivity contribution in [2.75, 3.05) is 13.7 Å². The molecule has 5 nitrogen and oxygen atoms in total. The smallest absolute Gasteiger partial charge is 0.338 e. The lowest BCUT2D eigenvalue weighted by Gasteiger charge is -2.28. The normalized spacial score (nSPS) is 16.8. The van der Waals surface area contributed by atoms with Gasteiger partial charge in [0.15, 0.2) is 6.29 Å². The van der Waals surface area contributed by atoms with Gasteiger partial charge in [-0.3, -0.25) is 0 Å². The van der Waals surface area contributed by atoms with Crippen LogP contribution in [0.5, 0.6) is 0 Å². The number of methoxy groups -OCH3 is 1. The summed E-state index contributed by atoms with van der Waals surface area (Å²) in [5, 5.41) is 0. The molecular weight excluding hydrogens is 296 g/mol. The number of aryl methyl sites for hydroxylation is 1. The van der Waals surface area contributed by atoms with Gasteiger partial charge in [0.2, 0.25) is 0 Å². The third kappa shape index (κ3) is 4.62. The highest BCUT2D eigenvalue weighted by atomic mass is 16.7. The van der Waals surface area contributed by atoms with Crippen LogP contribution in [0.2, 0.25) is 0 Å². The first kappa shape index (κ1) is 17.6. The quantitative estimate of drug-likeness (QED) is 0.438. The molecule has 1 aromatic rings. The Hall–Kier alpha value is -1.72. The van der Waals surface area contributed by atoms with Gasteiger partial charge in [-0.05, 0) is 25.3 Å². The summed E-state index contributed by atoms with van der Waals surface area (Å²) < 4.78 is 16.5. The van der Waals surface area contributed by atoms with Crippen molar-refractivity contribution >= 4 is 12.3 Å². The molecule has 0 N–H and O–H groups in total. The van der Waals surface area contributed by atoms with Crippen molar-refractivity contribution < 1.29 is 23.8 Å². The number of hydrogen-bond acceptors (Lipinski definition) is 5. The maximum absolute atomic E-state index is 12.1. The van der Waals surface area contributed by atoms with E-state index in [1.807, 2.05) is 19.1 Å². The molecule has 5 heteroatoms. The average molecular weight is 320 g/mol. The molecule has 0 bridgehead atoms. The molecule has 1 saturated carbocycles. The molecule has 1 aromatic carbocycles. The van der Waals surface area contributed by atoms with Crippen LogP contribution in [0.4, 0.5) is 0 Å². The first-order chi connectivity index (χ1) is 11.2. The molecule has 0 heterocycles.